The standard InChI is InChI=1S/C20H27N5O3/c1-3-15(2)22-18(26)13-23-8-10-24(11-9-23)19(27)14-25-20(28)17-7-5-4-6-16(17)12-21-25/h4-7,12,15H,3,8-11,13-14H2,1-2H3,(H,22,26). The summed E-state index contributed by atoms with van der Waals surface area (Å²) in [4.78, 5) is 40.9. The number of carbonyl (C=O) groups is 2. The van der Waals surface area contributed by atoms with Gasteiger partial charge < -0.3 is 10.2 Å². The van der Waals surface area contributed by atoms with Crippen molar-refractivity contribution in [3.63, 3.8) is 0 Å². The van der Waals surface area contributed by atoms with E-state index in [1.54, 1.807) is 23.2 Å². The van der Waals surface area contributed by atoms with E-state index in [2.05, 4.69) is 10.4 Å². The molecule has 8 heteroatoms. The zero-order valence-corrected chi connectivity index (χ0v) is 16.4. The monoisotopic (exact) mass is 385 g/mol. The van der Waals surface area contributed by atoms with Gasteiger partial charge in [0.15, 0.2) is 0 Å². The smallest absolute Gasteiger partial charge is 0.275 e. The van der Waals surface area contributed by atoms with Crippen LogP contribution in [0.25, 0.3) is 10.8 Å². The van der Waals surface area contributed by atoms with E-state index in [9.17, 15) is 14.4 Å². The largest absolute Gasteiger partial charge is 0.353 e. The molecule has 1 atom stereocenters. The van der Waals surface area contributed by atoms with Crippen LogP contribution in [0, 0.1) is 0 Å². The molecule has 1 fully saturated rings. The van der Waals surface area contributed by atoms with Crippen LogP contribution in [0.5, 0.6) is 0 Å². The molecule has 1 aliphatic heterocycles. The first-order chi connectivity index (χ1) is 13.5. The van der Waals surface area contributed by atoms with E-state index in [0.717, 1.165) is 11.8 Å². The predicted molar refractivity (Wildman–Crippen MR) is 107 cm³/mol. The van der Waals surface area contributed by atoms with Gasteiger partial charge in [0.25, 0.3) is 5.56 Å². The molecule has 8 nitrogen and oxygen atoms in total. The van der Waals surface area contributed by atoms with Crippen molar-refractivity contribution in [3.8, 4) is 0 Å². The SMILES string of the molecule is CCC(C)NC(=O)CN1CCN(C(=O)Cn2ncc3ccccc3c2=O)CC1. The minimum atomic E-state index is -0.258. The third kappa shape index (κ3) is 4.75. The van der Waals surface area contributed by atoms with Crippen LogP contribution in [0.4, 0.5) is 0 Å². The van der Waals surface area contributed by atoms with E-state index in [0.29, 0.717) is 38.1 Å². The Labute approximate surface area is 164 Å². The zero-order valence-electron chi connectivity index (χ0n) is 16.4. The van der Waals surface area contributed by atoms with Crippen LogP contribution in [0.2, 0.25) is 0 Å². The lowest BCUT2D eigenvalue weighted by molar-refractivity contribution is -0.134. The third-order valence-electron chi connectivity index (χ3n) is 5.16. The molecule has 2 aromatic rings. The molecule has 0 aliphatic carbocycles. The number of hydrogen-bond acceptors (Lipinski definition) is 5. The summed E-state index contributed by atoms with van der Waals surface area (Å²) in [6.45, 7) is 6.65. The molecule has 0 bridgehead atoms. The number of carbonyl (C=O) groups excluding carboxylic acids is 2. The van der Waals surface area contributed by atoms with E-state index in [4.69, 9.17) is 0 Å². The van der Waals surface area contributed by atoms with Crippen molar-refractivity contribution >= 4 is 22.6 Å². The van der Waals surface area contributed by atoms with Crippen molar-refractivity contribution in [1.82, 2.24) is 24.9 Å². The summed E-state index contributed by atoms with van der Waals surface area (Å²) in [5.74, 6) is -0.116. The first-order valence-electron chi connectivity index (χ1n) is 9.72. The molecule has 2 amide bonds. The van der Waals surface area contributed by atoms with Crippen LogP contribution in [0.3, 0.4) is 0 Å². The van der Waals surface area contributed by atoms with Crippen molar-refractivity contribution in [2.75, 3.05) is 32.7 Å². The average Bonchev–Trinajstić information content (AvgIpc) is 2.70. The molecular formula is C20H27N5O3. The normalized spacial score (nSPS) is 16.1. The summed E-state index contributed by atoms with van der Waals surface area (Å²) in [6, 6.07) is 7.38. The maximum Gasteiger partial charge on any atom is 0.275 e. The molecule has 1 N–H and O–H groups in total. The van der Waals surface area contributed by atoms with Gasteiger partial charge in [-0.25, -0.2) is 4.68 Å². The lowest BCUT2D eigenvalue weighted by atomic mass is 10.2. The second-order valence-corrected chi connectivity index (χ2v) is 7.23. The van der Waals surface area contributed by atoms with Gasteiger partial charge >= 0.3 is 0 Å². The summed E-state index contributed by atoms with van der Waals surface area (Å²) < 4.78 is 1.22. The van der Waals surface area contributed by atoms with E-state index in [1.807, 2.05) is 30.9 Å². The highest BCUT2D eigenvalue weighted by molar-refractivity contribution is 5.81. The molecule has 1 aliphatic rings. The Kier molecular flexibility index (Phi) is 6.41. The van der Waals surface area contributed by atoms with Crippen molar-refractivity contribution in [2.24, 2.45) is 0 Å². The van der Waals surface area contributed by atoms with E-state index in [-0.39, 0.29) is 30.0 Å². The highest BCUT2D eigenvalue weighted by Crippen LogP contribution is 2.07. The van der Waals surface area contributed by atoms with Gasteiger partial charge in [0, 0.05) is 37.6 Å². The van der Waals surface area contributed by atoms with Crippen LogP contribution in [-0.2, 0) is 16.1 Å². The topological polar surface area (TPSA) is 87.5 Å². The van der Waals surface area contributed by atoms with Crippen molar-refractivity contribution in [1.29, 1.82) is 0 Å². The number of fused-ring (bicyclic) bond motifs is 1. The Morgan fingerprint density at radius 1 is 1.14 bits per heavy atom. The minimum Gasteiger partial charge on any atom is -0.353 e. The third-order valence-corrected chi connectivity index (χ3v) is 5.16. The molecule has 1 saturated heterocycles. The number of nitrogens with one attached hydrogen (secondary N) is 1. The number of rotatable bonds is 6. The summed E-state index contributed by atoms with van der Waals surface area (Å²) in [5, 5.41) is 8.40. The van der Waals surface area contributed by atoms with Gasteiger partial charge in [0.2, 0.25) is 11.8 Å². The second kappa shape index (κ2) is 8.97. The zero-order chi connectivity index (χ0) is 20.1. The van der Waals surface area contributed by atoms with Gasteiger partial charge in [0.1, 0.15) is 6.54 Å². The Hall–Kier alpha value is -2.74. The minimum absolute atomic E-state index is 0.0149. The molecule has 1 aromatic heterocycles. The van der Waals surface area contributed by atoms with E-state index < -0.39 is 0 Å². The van der Waals surface area contributed by atoms with Gasteiger partial charge in [-0.05, 0) is 19.4 Å². The molecule has 150 valence electrons. The molecule has 0 saturated carbocycles. The van der Waals surface area contributed by atoms with Crippen LogP contribution >= 0.6 is 0 Å². The summed E-state index contributed by atoms with van der Waals surface area (Å²) >= 11 is 0. The highest BCUT2D eigenvalue weighted by Gasteiger charge is 2.23. The predicted octanol–water partition coefficient (Wildman–Crippen LogP) is 0.455. The van der Waals surface area contributed by atoms with Crippen LogP contribution in [0.15, 0.2) is 35.3 Å². The van der Waals surface area contributed by atoms with Crippen molar-refractivity contribution < 1.29 is 9.59 Å². The molecule has 28 heavy (non-hydrogen) atoms. The van der Waals surface area contributed by atoms with Gasteiger partial charge in [0.05, 0.1) is 18.1 Å². The Morgan fingerprint density at radius 2 is 1.86 bits per heavy atom. The first kappa shape index (κ1) is 20.0. The van der Waals surface area contributed by atoms with E-state index in [1.165, 1.54) is 4.68 Å². The van der Waals surface area contributed by atoms with Crippen LogP contribution in [0.1, 0.15) is 20.3 Å². The Balaban J connectivity index is 1.54. The van der Waals surface area contributed by atoms with Gasteiger partial charge in [-0.2, -0.15) is 5.10 Å². The fourth-order valence-electron chi connectivity index (χ4n) is 3.25. The lowest BCUT2D eigenvalue weighted by Crippen LogP contribution is -2.52. The number of aromatic nitrogens is 2. The Morgan fingerprint density at radius 3 is 2.57 bits per heavy atom. The molecule has 0 spiro atoms. The van der Waals surface area contributed by atoms with Gasteiger partial charge in [-0.1, -0.05) is 25.1 Å². The average molecular weight is 385 g/mol. The number of hydrogen-bond donors (Lipinski definition) is 1. The molecular weight excluding hydrogens is 358 g/mol. The molecule has 3 rings (SSSR count). The fraction of sp³-hybridized carbons (Fsp3) is 0.500. The maximum atomic E-state index is 12.6. The van der Waals surface area contributed by atoms with E-state index >= 15 is 0 Å². The molecule has 0 radical (unpaired) electrons. The summed E-state index contributed by atoms with van der Waals surface area (Å²) in [5.41, 5.74) is -0.258. The quantitative estimate of drug-likeness (QED) is 0.780. The second-order valence-electron chi connectivity index (χ2n) is 7.23. The molecule has 2 heterocycles. The number of benzene rings is 1. The summed E-state index contributed by atoms with van der Waals surface area (Å²) in [7, 11) is 0. The highest BCUT2D eigenvalue weighted by atomic mass is 16.2. The van der Waals surface area contributed by atoms with Gasteiger partial charge in [-0.3, -0.25) is 19.3 Å². The molecule has 1 aromatic carbocycles. The summed E-state index contributed by atoms with van der Waals surface area (Å²) in [6.07, 6.45) is 2.51. The number of amides is 2. The number of piperazine rings is 1. The number of nitrogens with zero attached hydrogens (tertiary/aromatic N) is 4. The van der Waals surface area contributed by atoms with Crippen molar-refractivity contribution in [2.45, 2.75) is 32.9 Å². The lowest BCUT2D eigenvalue weighted by Gasteiger charge is -2.34. The van der Waals surface area contributed by atoms with Crippen LogP contribution < -0.4 is 10.9 Å². The maximum absolute atomic E-state index is 12.6. The van der Waals surface area contributed by atoms with Gasteiger partial charge in [-0.15, -0.1) is 0 Å². The van der Waals surface area contributed by atoms with Crippen molar-refractivity contribution in [3.05, 3.63) is 40.8 Å². The molecule has 1 unspecified atom stereocenters. The Bertz CT molecular complexity index is 902. The fourth-order valence-corrected chi connectivity index (χ4v) is 3.25. The first-order valence-corrected chi connectivity index (χ1v) is 9.72. The van der Waals surface area contributed by atoms with Crippen LogP contribution in [-0.4, -0.2) is 70.2 Å².